The van der Waals surface area contributed by atoms with Gasteiger partial charge in [-0.3, -0.25) is 0 Å². The van der Waals surface area contributed by atoms with Gasteiger partial charge in [-0.05, 0) is 59.6 Å². The average molecular weight is 501 g/mol. The summed E-state index contributed by atoms with van der Waals surface area (Å²) in [7, 11) is 0. The molecule has 0 saturated heterocycles. The summed E-state index contributed by atoms with van der Waals surface area (Å²) in [4.78, 5) is 0. The first-order valence-corrected chi connectivity index (χ1v) is 13.5. The quantitative estimate of drug-likeness (QED) is 0.180. The third kappa shape index (κ3) is 6.52. The molecule has 0 fully saturated rings. The molecule has 0 N–H and O–H groups in total. The first kappa shape index (κ1) is 26.7. The van der Waals surface area contributed by atoms with E-state index in [1.807, 2.05) is 36.4 Å². The minimum absolute atomic E-state index is 0.0501. The first-order valence-electron chi connectivity index (χ1n) is 13.5. The zero-order valence-corrected chi connectivity index (χ0v) is 21.8. The molecule has 0 unspecified atom stereocenters. The SMILES string of the molecule is CCCCCc1ccc(-c2ccc(-c3ccc(-c4ccc(CCCCC)cc4)c(F)c3F)c(F)c2)cc1. The van der Waals surface area contributed by atoms with Crippen molar-refractivity contribution in [3.05, 3.63) is 107 Å². The molecule has 0 aliphatic carbocycles. The second kappa shape index (κ2) is 12.8. The van der Waals surface area contributed by atoms with E-state index in [-0.39, 0.29) is 16.7 Å². The summed E-state index contributed by atoms with van der Waals surface area (Å²) in [6.45, 7) is 4.35. The fraction of sp³-hybridized carbons (Fsp3) is 0.294. The molecule has 4 aromatic carbocycles. The Balaban J connectivity index is 1.53. The zero-order valence-electron chi connectivity index (χ0n) is 21.8. The molecule has 0 aliphatic heterocycles. The molecule has 0 heterocycles. The highest BCUT2D eigenvalue weighted by molar-refractivity contribution is 5.75. The molecule has 0 amide bonds. The second-order valence-electron chi connectivity index (χ2n) is 9.79. The monoisotopic (exact) mass is 500 g/mol. The molecule has 4 aromatic rings. The summed E-state index contributed by atoms with van der Waals surface area (Å²) < 4.78 is 45.4. The second-order valence-corrected chi connectivity index (χ2v) is 9.79. The molecule has 0 spiro atoms. The number of rotatable bonds is 11. The molecular formula is C34H35F3. The Morgan fingerprint density at radius 2 is 0.919 bits per heavy atom. The van der Waals surface area contributed by atoms with E-state index in [2.05, 4.69) is 26.0 Å². The van der Waals surface area contributed by atoms with Crippen LogP contribution in [0.2, 0.25) is 0 Å². The molecule has 3 heteroatoms. The highest BCUT2D eigenvalue weighted by Gasteiger charge is 2.18. The molecule has 37 heavy (non-hydrogen) atoms. The maximum absolute atomic E-state index is 15.2. The Labute approximate surface area is 219 Å². The van der Waals surface area contributed by atoms with Crippen LogP contribution in [-0.2, 0) is 12.8 Å². The minimum atomic E-state index is -1.03. The van der Waals surface area contributed by atoms with Crippen LogP contribution in [0.5, 0.6) is 0 Å². The van der Waals surface area contributed by atoms with E-state index in [1.165, 1.54) is 54.7 Å². The van der Waals surface area contributed by atoms with E-state index in [4.69, 9.17) is 0 Å². The predicted octanol–water partition coefficient (Wildman–Crippen LogP) is 10.6. The normalized spacial score (nSPS) is 11.2. The van der Waals surface area contributed by atoms with Crippen LogP contribution in [0.15, 0.2) is 78.9 Å². The van der Waals surface area contributed by atoms with E-state index >= 15 is 13.2 Å². The molecule has 0 atom stereocenters. The number of hydrogen-bond donors (Lipinski definition) is 0. The topological polar surface area (TPSA) is 0 Å². The summed E-state index contributed by atoms with van der Waals surface area (Å²) >= 11 is 0. The van der Waals surface area contributed by atoms with Gasteiger partial charge in [0.25, 0.3) is 0 Å². The van der Waals surface area contributed by atoms with Crippen LogP contribution in [0.1, 0.15) is 63.5 Å². The lowest BCUT2D eigenvalue weighted by molar-refractivity contribution is 0.513. The van der Waals surface area contributed by atoms with Crippen molar-refractivity contribution in [2.45, 2.75) is 65.2 Å². The highest BCUT2D eigenvalue weighted by atomic mass is 19.2. The summed E-state index contributed by atoms with van der Waals surface area (Å²) in [6.07, 6.45) is 9.00. The van der Waals surface area contributed by atoms with Gasteiger partial charge in [-0.15, -0.1) is 0 Å². The highest BCUT2D eigenvalue weighted by Crippen LogP contribution is 2.34. The van der Waals surface area contributed by atoms with Crippen molar-refractivity contribution in [2.24, 2.45) is 0 Å². The van der Waals surface area contributed by atoms with Gasteiger partial charge in [-0.1, -0.05) is 112 Å². The standard InChI is InChI=1S/C34H35F3/c1-3-5-7-9-24-11-15-26(16-12-24)28-19-20-30(32(35)23-28)31-22-21-29(33(36)34(31)37)27-17-13-25(14-18-27)10-8-6-4-2/h11-23H,3-10H2,1-2H3. The van der Waals surface area contributed by atoms with E-state index in [1.54, 1.807) is 6.07 Å². The Hall–Kier alpha value is -3.33. The number of unbranched alkanes of at least 4 members (excludes halogenated alkanes) is 4. The average Bonchev–Trinajstić information content (AvgIpc) is 2.92. The number of hydrogen-bond acceptors (Lipinski definition) is 0. The van der Waals surface area contributed by atoms with Crippen molar-refractivity contribution in [1.82, 2.24) is 0 Å². The van der Waals surface area contributed by atoms with Gasteiger partial charge >= 0.3 is 0 Å². The smallest absolute Gasteiger partial charge is 0.167 e. The van der Waals surface area contributed by atoms with Crippen molar-refractivity contribution >= 4 is 0 Å². The third-order valence-electron chi connectivity index (χ3n) is 7.03. The molecule has 0 aromatic heterocycles. The van der Waals surface area contributed by atoms with Crippen molar-refractivity contribution in [3.63, 3.8) is 0 Å². The third-order valence-corrected chi connectivity index (χ3v) is 7.03. The first-order chi connectivity index (χ1) is 18.0. The fourth-order valence-electron chi connectivity index (χ4n) is 4.77. The van der Waals surface area contributed by atoms with Crippen molar-refractivity contribution in [3.8, 4) is 33.4 Å². The Kier molecular flexibility index (Phi) is 9.22. The Bertz CT molecular complexity index is 1300. The van der Waals surface area contributed by atoms with E-state index < -0.39 is 17.5 Å². The lowest BCUT2D eigenvalue weighted by Gasteiger charge is -2.12. The lowest BCUT2D eigenvalue weighted by atomic mass is 9.95. The van der Waals surface area contributed by atoms with E-state index in [9.17, 15) is 0 Å². The largest absolute Gasteiger partial charge is 0.206 e. The molecule has 4 rings (SSSR count). The van der Waals surface area contributed by atoms with Gasteiger partial charge in [0.05, 0.1) is 0 Å². The van der Waals surface area contributed by atoms with Crippen molar-refractivity contribution in [1.29, 1.82) is 0 Å². The van der Waals surface area contributed by atoms with Gasteiger partial charge in [0.2, 0.25) is 0 Å². The van der Waals surface area contributed by atoms with Gasteiger partial charge < -0.3 is 0 Å². The van der Waals surface area contributed by atoms with Crippen LogP contribution < -0.4 is 0 Å². The van der Waals surface area contributed by atoms with Crippen LogP contribution in [0.4, 0.5) is 13.2 Å². The summed E-state index contributed by atoms with van der Waals surface area (Å²) in [5.41, 5.74) is 4.80. The van der Waals surface area contributed by atoms with Crippen LogP contribution >= 0.6 is 0 Å². The van der Waals surface area contributed by atoms with Gasteiger partial charge in [0.1, 0.15) is 5.82 Å². The fourth-order valence-corrected chi connectivity index (χ4v) is 4.77. The van der Waals surface area contributed by atoms with Gasteiger partial charge in [0, 0.05) is 16.7 Å². The van der Waals surface area contributed by atoms with Crippen LogP contribution in [0.3, 0.4) is 0 Å². The van der Waals surface area contributed by atoms with Gasteiger partial charge in [0.15, 0.2) is 11.6 Å². The molecule has 192 valence electrons. The predicted molar refractivity (Wildman–Crippen MR) is 149 cm³/mol. The molecule has 0 saturated carbocycles. The molecule has 0 nitrogen and oxygen atoms in total. The summed E-state index contributed by atoms with van der Waals surface area (Å²) in [5, 5.41) is 0. The minimum Gasteiger partial charge on any atom is -0.206 e. The maximum atomic E-state index is 15.2. The number of halogens is 3. The van der Waals surface area contributed by atoms with Crippen molar-refractivity contribution < 1.29 is 13.2 Å². The molecule has 0 radical (unpaired) electrons. The van der Waals surface area contributed by atoms with E-state index in [0.29, 0.717) is 11.1 Å². The van der Waals surface area contributed by atoms with Gasteiger partial charge in [-0.2, -0.15) is 0 Å². The van der Waals surface area contributed by atoms with Gasteiger partial charge in [-0.25, -0.2) is 13.2 Å². The summed E-state index contributed by atoms with van der Waals surface area (Å²) in [6, 6.07) is 23.4. The maximum Gasteiger partial charge on any atom is 0.167 e. The Morgan fingerprint density at radius 1 is 0.459 bits per heavy atom. The number of aryl methyl sites for hydroxylation is 2. The van der Waals surface area contributed by atoms with Crippen LogP contribution in [0, 0.1) is 17.5 Å². The van der Waals surface area contributed by atoms with Crippen LogP contribution in [-0.4, -0.2) is 0 Å². The Morgan fingerprint density at radius 3 is 1.46 bits per heavy atom. The zero-order chi connectivity index (χ0) is 26.2. The van der Waals surface area contributed by atoms with E-state index in [0.717, 1.165) is 37.7 Å². The molecule has 0 bridgehead atoms. The van der Waals surface area contributed by atoms with Crippen LogP contribution in [0.25, 0.3) is 33.4 Å². The number of benzene rings is 4. The lowest BCUT2D eigenvalue weighted by Crippen LogP contribution is -1.96. The van der Waals surface area contributed by atoms with Crippen molar-refractivity contribution in [2.75, 3.05) is 0 Å². The summed E-state index contributed by atoms with van der Waals surface area (Å²) in [5.74, 6) is -2.57. The molecular weight excluding hydrogens is 465 g/mol. The molecule has 0 aliphatic rings.